The highest BCUT2D eigenvalue weighted by molar-refractivity contribution is 7.98. The van der Waals surface area contributed by atoms with Gasteiger partial charge in [-0.2, -0.15) is 11.8 Å². The standard InChI is InChI=1S/C17H31N5O7S/c1-30-7-5-10(19)15(26)20-9-13(23)21-11(4-2-3-6-18)16(27)22-12(17(28)29)8-14(24)25/h10-12H,2-9,18-19H2,1H3,(H,20,26)(H,21,23)(H,22,27)(H,24,25)(H,28,29). The summed E-state index contributed by atoms with van der Waals surface area (Å²) in [5.74, 6) is -4.23. The van der Waals surface area contributed by atoms with E-state index in [1.165, 1.54) is 11.8 Å². The molecule has 0 fully saturated rings. The molecule has 0 aromatic carbocycles. The van der Waals surface area contributed by atoms with E-state index in [0.717, 1.165) is 0 Å². The van der Waals surface area contributed by atoms with Gasteiger partial charge in [-0.3, -0.25) is 19.2 Å². The molecule has 172 valence electrons. The molecule has 0 rings (SSSR count). The van der Waals surface area contributed by atoms with E-state index in [4.69, 9.17) is 21.7 Å². The Kier molecular flexibility index (Phi) is 14.2. The number of carboxylic acid groups (broad SMARTS) is 2. The number of carbonyl (C=O) groups is 5. The number of hydrogen-bond acceptors (Lipinski definition) is 8. The van der Waals surface area contributed by atoms with E-state index in [0.29, 0.717) is 31.6 Å². The van der Waals surface area contributed by atoms with Gasteiger partial charge in [0.15, 0.2) is 0 Å². The minimum Gasteiger partial charge on any atom is -0.481 e. The summed E-state index contributed by atoms with van der Waals surface area (Å²) in [6, 6.07) is -3.51. The van der Waals surface area contributed by atoms with Crippen LogP contribution in [0.2, 0.25) is 0 Å². The Morgan fingerprint density at radius 2 is 1.63 bits per heavy atom. The minimum absolute atomic E-state index is 0.162. The Labute approximate surface area is 178 Å². The molecule has 3 atom stereocenters. The summed E-state index contributed by atoms with van der Waals surface area (Å²) < 4.78 is 0. The zero-order valence-electron chi connectivity index (χ0n) is 16.9. The fraction of sp³-hybridized carbons (Fsp3) is 0.706. The van der Waals surface area contributed by atoms with Gasteiger partial charge in [-0.05, 0) is 44.2 Å². The monoisotopic (exact) mass is 449 g/mol. The van der Waals surface area contributed by atoms with Crippen LogP contribution >= 0.6 is 11.8 Å². The topological polar surface area (TPSA) is 214 Å². The van der Waals surface area contributed by atoms with E-state index in [9.17, 15) is 24.0 Å². The number of carbonyl (C=O) groups excluding carboxylic acids is 3. The summed E-state index contributed by atoms with van der Waals surface area (Å²) >= 11 is 1.53. The second-order valence-corrected chi connectivity index (χ2v) is 7.49. The van der Waals surface area contributed by atoms with Gasteiger partial charge in [-0.25, -0.2) is 4.79 Å². The van der Waals surface area contributed by atoms with Crippen LogP contribution in [0.25, 0.3) is 0 Å². The Hall–Kier alpha value is -2.38. The number of hydrogen-bond donors (Lipinski definition) is 7. The number of aliphatic carboxylic acids is 2. The molecule has 0 aromatic heterocycles. The first-order chi connectivity index (χ1) is 14.1. The normalized spacial score (nSPS) is 13.6. The first-order valence-corrected chi connectivity index (χ1v) is 10.8. The summed E-state index contributed by atoms with van der Waals surface area (Å²) in [5, 5.41) is 24.7. The summed E-state index contributed by atoms with van der Waals surface area (Å²) in [7, 11) is 0. The molecule has 30 heavy (non-hydrogen) atoms. The van der Waals surface area contributed by atoms with Gasteiger partial charge in [0.2, 0.25) is 17.7 Å². The van der Waals surface area contributed by atoms with E-state index in [2.05, 4.69) is 16.0 Å². The maximum atomic E-state index is 12.4. The van der Waals surface area contributed by atoms with Crippen molar-refractivity contribution >= 4 is 41.4 Å². The Morgan fingerprint density at radius 3 is 2.17 bits per heavy atom. The number of amides is 3. The van der Waals surface area contributed by atoms with Crippen molar-refractivity contribution in [1.82, 2.24) is 16.0 Å². The molecule has 0 aliphatic rings. The average Bonchev–Trinajstić information content (AvgIpc) is 2.68. The van der Waals surface area contributed by atoms with E-state index < -0.39 is 60.8 Å². The third-order valence-corrected chi connectivity index (χ3v) is 4.63. The van der Waals surface area contributed by atoms with Gasteiger partial charge in [0.1, 0.15) is 12.1 Å². The van der Waals surface area contributed by atoms with Crippen molar-refractivity contribution in [2.24, 2.45) is 11.5 Å². The van der Waals surface area contributed by atoms with Crippen LogP contribution in [0.1, 0.15) is 32.1 Å². The quantitative estimate of drug-likeness (QED) is 0.127. The van der Waals surface area contributed by atoms with Gasteiger partial charge < -0.3 is 37.6 Å². The van der Waals surface area contributed by atoms with Crippen molar-refractivity contribution in [3.8, 4) is 0 Å². The highest BCUT2D eigenvalue weighted by Crippen LogP contribution is 2.03. The summed E-state index contributed by atoms with van der Waals surface area (Å²) in [6.45, 7) is -0.0486. The molecule has 0 saturated carbocycles. The molecule has 0 radical (unpaired) electrons. The summed E-state index contributed by atoms with van der Waals surface area (Å²) in [6.07, 6.45) is 2.71. The minimum atomic E-state index is -1.64. The van der Waals surface area contributed by atoms with Crippen molar-refractivity contribution in [3.05, 3.63) is 0 Å². The molecule has 0 aliphatic carbocycles. The van der Waals surface area contributed by atoms with E-state index in [-0.39, 0.29) is 6.42 Å². The third-order valence-electron chi connectivity index (χ3n) is 3.98. The predicted molar refractivity (Wildman–Crippen MR) is 111 cm³/mol. The molecule has 0 bridgehead atoms. The third kappa shape index (κ3) is 12.2. The zero-order valence-corrected chi connectivity index (χ0v) is 17.7. The number of nitrogens with two attached hydrogens (primary N) is 2. The van der Waals surface area contributed by atoms with Crippen LogP contribution in [0.5, 0.6) is 0 Å². The molecule has 0 spiro atoms. The number of unbranched alkanes of at least 4 members (excludes halogenated alkanes) is 1. The van der Waals surface area contributed by atoms with Crippen LogP contribution in [0.15, 0.2) is 0 Å². The highest BCUT2D eigenvalue weighted by Gasteiger charge is 2.28. The number of nitrogens with one attached hydrogen (secondary N) is 3. The van der Waals surface area contributed by atoms with Gasteiger partial charge in [0, 0.05) is 0 Å². The van der Waals surface area contributed by atoms with Gasteiger partial charge in [0.25, 0.3) is 0 Å². The van der Waals surface area contributed by atoms with Gasteiger partial charge in [-0.15, -0.1) is 0 Å². The van der Waals surface area contributed by atoms with E-state index in [1.54, 1.807) is 0 Å². The molecular formula is C17H31N5O7S. The largest absolute Gasteiger partial charge is 0.481 e. The Bertz CT molecular complexity index is 605. The zero-order chi connectivity index (χ0) is 23.1. The molecule has 3 unspecified atom stereocenters. The molecule has 12 nitrogen and oxygen atoms in total. The number of carboxylic acids is 2. The van der Waals surface area contributed by atoms with Gasteiger partial charge >= 0.3 is 11.9 Å². The van der Waals surface area contributed by atoms with Crippen molar-refractivity contribution < 1.29 is 34.2 Å². The predicted octanol–water partition coefficient (Wildman–Crippen LogP) is -2.16. The smallest absolute Gasteiger partial charge is 0.326 e. The van der Waals surface area contributed by atoms with Crippen LogP contribution in [-0.2, 0) is 24.0 Å². The molecule has 9 N–H and O–H groups in total. The number of thioether (sulfide) groups is 1. The van der Waals surface area contributed by atoms with Crippen LogP contribution < -0.4 is 27.4 Å². The Morgan fingerprint density at radius 1 is 0.967 bits per heavy atom. The van der Waals surface area contributed by atoms with Crippen molar-refractivity contribution in [2.75, 3.05) is 25.1 Å². The first kappa shape index (κ1) is 27.6. The average molecular weight is 450 g/mol. The second-order valence-electron chi connectivity index (χ2n) is 6.51. The lowest BCUT2D eigenvalue weighted by atomic mass is 10.1. The SMILES string of the molecule is CSCCC(N)C(=O)NCC(=O)NC(CCCCN)C(=O)NC(CC(=O)O)C(=O)O. The molecule has 0 aliphatic heterocycles. The van der Waals surface area contributed by atoms with E-state index >= 15 is 0 Å². The van der Waals surface area contributed by atoms with Crippen molar-refractivity contribution in [1.29, 1.82) is 0 Å². The second kappa shape index (κ2) is 15.5. The number of rotatable bonds is 16. The molecular weight excluding hydrogens is 418 g/mol. The molecule has 3 amide bonds. The lowest BCUT2D eigenvalue weighted by Gasteiger charge is -2.21. The molecule has 0 aromatic rings. The summed E-state index contributed by atoms with van der Waals surface area (Å²) in [5.41, 5.74) is 11.1. The lowest BCUT2D eigenvalue weighted by molar-refractivity contribution is -0.147. The first-order valence-electron chi connectivity index (χ1n) is 9.39. The lowest BCUT2D eigenvalue weighted by Crippen LogP contribution is -2.54. The maximum Gasteiger partial charge on any atom is 0.326 e. The van der Waals surface area contributed by atoms with Crippen LogP contribution in [0.4, 0.5) is 0 Å². The van der Waals surface area contributed by atoms with Crippen LogP contribution in [-0.4, -0.2) is 83.1 Å². The van der Waals surface area contributed by atoms with Gasteiger partial charge in [-0.1, -0.05) is 0 Å². The maximum absolute atomic E-state index is 12.4. The van der Waals surface area contributed by atoms with Gasteiger partial charge in [0.05, 0.1) is 19.0 Å². The molecule has 0 saturated heterocycles. The van der Waals surface area contributed by atoms with Crippen molar-refractivity contribution in [3.63, 3.8) is 0 Å². The fourth-order valence-corrected chi connectivity index (χ4v) is 2.82. The van der Waals surface area contributed by atoms with Crippen LogP contribution in [0, 0.1) is 0 Å². The molecule has 13 heteroatoms. The van der Waals surface area contributed by atoms with Crippen molar-refractivity contribution in [2.45, 2.75) is 50.2 Å². The fourth-order valence-electron chi connectivity index (χ4n) is 2.33. The highest BCUT2D eigenvalue weighted by atomic mass is 32.2. The summed E-state index contributed by atoms with van der Waals surface area (Å²) in [4.78, 5) is 58.3. The molecule has 0 heterocycles. The Balaban J connectivity index is 4.88. The van der Waals surface area contributed by atoms with E-state index in [1.807, 2.05) is 6.26 Å². The van der Waals surface area contributed by atoms with Crippen LogP contribution in [0.3, 0.4) is 0 Å².